The molecule has 0 atom stereocenters. The van der Waals surface area contributed by atoms with Crippen molar-refractivity contribution in [2.45, 2.75) is 20.3 Å². The van der Waals surface area contributed by atoms with Crippen molar-refractivity contribution in [3.63, 3.8) is 0 Å². The number of aromatic nitrogens is 4. The molecule has 1 amide bonds. The number of anilines is 1. The van der Waals surface area contributed by atoms with E-state index in [-0.39, 0.29) is 18.0 Å². The number of hydrogen-bond acceptors (Lipinski definition) is 4. The van der Waals surface area contributed by atoms with Gasteiger partial charge in [-0.05, 0) is 49.2 Å². The summed E-state index contributed by atoms with van der Waals surface area (Å²) in [7, 11) is 0. The zero-order valence-corrected chi connectivity index (χ0v) is 15.5. The first-order valence-electron chi connectivity index (χ1n) is 8.82. The number of nitrogens with one attached hydrogen (secondary N) is 1. The predicted molar refractivity (Wildman–Crippen MR) is 105 cm³/mol. The Bertz CT molecular complexity index is 1170. The van der Waals surface area contributed by atoms with Crippen molar-refractivity contribution in [1.29, 1.82) is 0 Å². The molecule has 0 aliphatic rings. The van der Waals surface area contributed by atoms with Crippen molar-refractivity contribution >= 4 is 22.5 Å². The van der Waals surface area contributed by atoms with Crippen LogP contribution < -0.4 is 5.32 Å². The summed E-state index contributed by atoms with van der Waals surface area (Å²) in [5, 5.41) is 7.69. The molecule has 2 aromatic carbocycles. The molecule has 0 saturated heterocycles. The van der Waals surface area contributed by atoms with E-state index >= 15 is 0 Å². The molecule has 4 aromatic rings. The Morgan fingerprint density at radius 2 is 2.00 bits per heavy atom. The maximum absolute atomic E-state index is 14.3. The zero-order valence-electron chi connectivity index (χ0n) is 15.5. The lowest BCUT2D eigenvalue weighted by molar-refractivity contribution is -0.115. The summed E-state index contributed by atoms with van der Waals surface area (Å²) in [4.78, 5) is 21.0. The van der Waals surface area contributed by atoms with E-state index in [1.165, 1.54) is 23.4 Å². The molecule has 2 aromatic heterocycles. The third kappa shape index (κ3) is 3.34. The summed E-state index contributed by atoms with van der Waals surface area (Å²) in [5.74, 6) is -0.723. The number of aryl methyl sites for hydroxylation is 2. The summed E-state index contributed by atoms with van der Waals surface area (Å²) in [6, 6.07) is 12.3. The van der Waals surface area contributed by atoms with Gasteiger partial charge in [0, 0.05) is 16.8 Å². The molecule has 0 fully saturated rings. The lowest BCUT2D eigenvalue weighted by Crippen LogP contribution is -2.16. The highest BCUT2D eigenvalue weighted by Gasteiger charge is 2.14. The molecule has 0 aliphatic heterocycles. The molecule has 0 aliphatic carbocycles. The number of benzene rings is 2. The van der Waals surface area contributed by atoms with E-state index in [0.717, 1.165) is 27.7 Å². The summed E-state index contributed by atoms with van der Waals surface area (Å²) >= 11 is 0. The Balaban J connectivity index is 1.55. The van der Waals surface area contributed by atoms with E-state index in [9.17, 15) is 9.18 Å². The monoisotopic (exact) mass is 375 g/mol. The van der Waals surface area contributed by atoms with E-state index < -0.39 is 5.82 Å². The Kier molecular flexibility index (Phi) is 4.57. The highest BCUT2D eigenvalue weighted by Crippen LogP contribution is 2.23. The van der Waals surface area contributed by atoms with Gasteiger partial charge in [-0.25, -0.2) is 14.1 Å². The van der Waals surface area contributed by atoms with E-state index in [4.69, 9.17) is 0 Å². The molecule has 0 spiro atoms. The van der Waals surface area contributed by atoms with Crippen molar-refractivity contribution in [3.05, 3.63) is 77.8 Å². The van der Waals surface area contributed by atoms with Crippen LogP contribution in [0.4, 0.5) is 10.1 Å². The van der Waals surface area contributed by atoms with Gasteiger partial charge in [0.15, 0.2) is 5.82 Å². The maximum atomic E-state index is 14.3. The Morgan fingerprint density at radius 3 is 2.75 bits per heavy atom. The van der Waals surface area contributed by atoms with Crippen LogP contribution in [-0.4, -0.2) is 25.7 Å². The molecular weight excluding hydrogens is 357 g/mol. The molecule has 2 heterocycles. The van der Waals surface area contributed by atoms with Crippen LogP contribution in [0.25, 0.3) is 16.6 Å². The fraction of sp³-hybridized carbons (Fsp3) is 0.143. The Hall–Kier alpha value is -3.61. The minimum absolute atomic E-state index is 0.169. The van der Waals surface area contributed by atoms with Crippen LogP contribution in [0, 0.1) is 19.7 Å². The van der Waals surface area contributed by atoms with Crippen LogP contribution in [0.5, 0.6) is 0 Å². The van der Waals surface area contributed by atoms with Crippen LogP contribution in [0.3, 0.4) is 0 Å². The van der Waals surface area contributed by atoms with Gasteiger partial charge < -0.3 is 5.32 Å². The molecule has 4 rings (SSSR count). The smallest absolute Gasteiger partial charge is 0.228 e. The number of para-hydroxylation sites is 1. The van der Waals surface area contributed by atoms with Crippen LogP contribution in [0.15, 0.2) is 55.1 Å². The van der Waals surface area contributed by atoms with E-state index in [1.54, 1.807) is 12.1 Å². The van der Waals surface area contributed by atoms with Crippen LogP contribution in [-0.2, 0) is 11.2 Å². The Morgan fingerprint density at radius 1 is 1.18 bits per heavy atom. The lowest BCUT2D eigenvalue weighted by atomic mass is 9.99. The number of pyridine rings is 1. The largest absolute Gasteiger partial charge is 0.326 e. The van der Waals surface area contributed by atoms with Crippen LogP contribution in [0.2, 0.25) is 0 Å². The molecular formula is C21H18FN5O. The van der Waals surface area contributed by atoms with Gasteiger partial charge in [0.25, 0.3) is 0 Å². The van der Waals surface area contributed by atoms with Gasteiger partial charge in [-0.3, -0.25) is 9.78 Å². The van der Waals surface area contributed by atoms with Gasteiger partial charge in [-0.15, -0.1) is 0 Å². The molecule has 0 radical (unpaired) electrons. The second-order valence-electron chi connectivity index (χ2n) is 6.55. The van der Waals surface area contributed by atoms with E-state index in [2.05, 4.69) is 20.4 Å². The van der Waals surface area contributed by atoms with Gasteiger partial charge in [0.05, 0.1) is 11.9 Å². The molecule has 7 heteroatoms. The first-order valence-corrected chi connectivity index (χ1v) is 8.82. The number of rotatable bonds is 4. The summed E-state index contributed by atoms with van der Waals surface area (Å²) < 4.78 is 15.7. The SMILES string of the molecule is Cc1nc2ccccc2c(C)c1CC(=O)Nc1ccc(-n2cncn2)c(F)c1. The van der Waals surface area contributed by atoms with E-state index in [1.807, 2.05) is 38.1 Å². The molecule has 0 bridgehead atoms. The summed E-state index contributed by atoms with van der Waals surface area (Å²) in [6.07, 6.45) is 2.91. The summed E-state index contributed by atoms with van der Waals surface area (Å²) in [6.45, 7) is 3.89. The number of carbonyl (C=O) groups is 1. The van der Waals surface area contributed by atoms with Crippen molar-refractivity contribution in [2.24, 2.45) is 0 Å². The van der Waals surface area contributed by atoms with E-state index in [0.29, 0.717) is 5.69 Å². The third-order valence-corrected chi connectivity index (χ3v) is 4.72. The zero-order chi connectivity index (χ0) is 19.7. The van der Waals surface area contributed by atoms with Crippen molar-refractivity contribution in [2.75, 3.05) is 5.32 Å². The van der Waals surface area contributed by atoms with Gasteiger partial charge in [-0.1, -0.05) is 18.2 Å². The second kappa shape index (κ2) is 7.19. The fourth-order valence-electron chi connectivity index (χ4n) is 3.30. The fourth-order valence-corrected chi connectivity index (χ4v) is 3.30. The molecule has 140 valence electrons. The minimum Gasteiger partial charge on any atom is -0.326 e. The predicted octanol–water partition coefficient (Wildman–Crippen LogP) is 3.75. The summed E-state index contributed by atoms with van der Waals surface area (Å²) in [5.41, 5.74) is 4.30. The molecule has 28 heavy (non-hydrogen) atoms. The third-order valence-electron chi connectivity index (χ3n) is 4.72. The first kappa shape index (κ1) is 17.8. The normalized spacial score (nSPS) is 11.0. The average Bonchev–Trinajstić information content (AvgIpc) is 3.20. The first-order chi connectivity index (χ1) is 13.5. The van der Waals surface area contributed by atoms with Crippen molar-refractivity contribution < 1.29 is 9.18 Å². The lowest BCUT2D eigenvalue weighted by Gasteiger charge is -2.13. The quantitative estimate of drug-likeness (QED) is 0.590. The number of hydrogen-bond donors (Lipinski definition) is 1. The standard InChI is InChI=1S/C21H18FN5O/c1-13-16-5-3-4-6-19(16)25-14(2)17(13)10-21(28)26-15-7-8-20(18(22)9-15)27-12-23-11-24-27/h3-9,11-12H,10H2,1-2H3,(H,26,28). The highest BCUT2D eigenvalue weighted by molar-refractivity contribution is 5.94. The van der Waals surface area contributed by atoms with Gasteiger partial charge in [0.1, 0.15) is 18.3 Å². The number of amides is 1. The molecule has 0 saturated carbocycles. The van der Waals surface area contributed by atoms with Gasteiger partial charge >= 0.3 is 0 Å². The topological polar surface area (TPSA) is 72.7 Å². The minimum atomic E-state index is -0.497. The van der Waals surface area contributed by atoms with Gasteiger partial charge in [-0.2, -0.15) is 5.10 Å². The second-order valence-corrected chi connectivity index (χ2v) is 6.55. The molecule has 6 nitrogen and oxygen atoms in total. The van der Waals surface area contributed by atoms with Crippen molar-refractivity contribution in [3.8, 4) is 5.69 Å². The highest BCUT2D eigenvalue weighted by atomic mass is 19.1. The number of carbonyl (C=O) groups excluding carboxylic acids is 1. The van der Waals surface area contributed by atoms with Crippen molar-refractivity contribution in [1.82, 2.24) is 19.7 Å². The number of nitrogens with zero attached hydrogens (tertiary/aromatic N) is 4. The molecule has 0 unspecified atom stereocenters. The number of fused-ring (bicyclic) bond motifs is 1. The maximum Gasteiger partial charge on any atom is 0.228 e. The Labute approximate surface area is 161 Å². The van der Waals surface area contributed by atoms with Crippen LogP contribution >= 0.6 is 0 Å². The average molecular weight is 375 g/mol. The molecule has 1 N–H and O–H groups in total. The van der Waals surface area contributed by atoms with Crippen LogP contribution in [0.1, 0.15) is 16.8 Å². The number of halogens is 1. The van der Waals surface area contributed by atoms with Gasteiger partial charge in [0.2, 0.25) is 5.91 Å².